The van der Waals surface area contributed by atoms with Crippen molar-refractivity contribution < 1.29 is 61.9 Å². The van der Waals surface area contributed by atoms with Crippen molar-refractivity contribution >= 4 is 71.1 Å². The number of benzene rings is 8. The Balaban J connectivity index is 0.000000154. The Kier molecular flexibility index (Phi) is 34.9. The lowest BCUT2D eigenvalue weighted by atomic mass is 9.93. The fourth-order valence-corrected chi connectivity index (χ4v) is 14.9. The number of aryl methyl sites for hydroxylation is 3. The van der Waals surface area contributed by atoms with Gasteiger partial charge in [0.1, 0.15) is 67.5 Å². The number of likely N-dealkylation sites (N-methyl/N-ethyl adjacent to an activating group) is 1. The Morgan fingerprint density at radius 3 is 1.26 bits per heavy atom. The van der Waals surface area contributed by atoms with Gasteiger partial charge in [-0.3, -0.25) is 33.9 Å². The number of hydrogen-bond donors (Lipinski definition) is 0. The highest BCUT2D eigenvalue weighted by molar-refractivity contribution is 6.33. The van der Waals surface area contributed by atoms with E-state index in [4.69, 9.17) is 49.5 Å². The van der Waals surface area contributed by atoms with E-state index in [2.05, 4.69) is 93.6 Å². The van der Waals surface area contributed by atoms with Crippen molar-refractivity contribution in [1.82, 2.24) is 34.6 Å². The lowest BCUT2D eigenvalue weighted by Gasteiger charge is -2.30. The van der Waals surface area contributed by atoms with Crippen LogP contribution in [-0.4, -0.2) is 153 Å². The van der Waals surface area contributed by atoms with Gasteiger partial charge in [0.2, 0.25) is 23.6 Å². The minimum atomic E-state index is 0.0683. The summed E-state index contributed by atoms with van der Waals surface area (Å²) in [5, 5.41) is 0.653. The molecule has 650 valence electrons. The first-order chi connectivity index (χ1) is 61.8. The van der Waals surface area contributed by atoms with E-state index < -0.39 is 0 Å². The molecule has 21 heteroatoms. The molecule has 0 unspecified atom stereocenters. The van der Waals surface area contributed by atoms with E-state index in [0.717, 1.165) is 141 Å². The Labute approximate surface area is 749 Å². The third-order valence-corrected chi connectivity index (χ3v) is 22.2. The Morgan fingerprint density at radius 1 is 0.402 bits per heavy atom. The highest BCUT2D eigenvalue weighted by atomic mass is 35.5. The molecule has 0 fully saturated rings. The third kappa shape index (κ3) is 25.7. The maximum atomic E-state index is 11.8. The van der Waals surface area contributed by atoms with E-state index in [1.54, 1.807) is 84.2 Å². The van der Waals surface area contributed by atoms with Gasteiger partial charge in [-0.1, -0.05) is 195 Å². The number of hydrogen-bond acceptors (Lipinski definition) is 18. The van der Waals surface area contributed by atoms with Crippen molar-refractivity contribution in [1.29, 1.82) is 0 Å². The summed E-state index contributed by atoms with van der Waals surface area (Å²) in [5.74, 6) is 5.13. The molecular weight excluding hydrogens is 1610 g/mol. The smallest absolute Gasteiger partial charge is 0.219 e. The van der Waals surface area contributed by atoms with Gasteiger partial charge in [-0.15, -0.1) is 0 Å². The fraction of sp³-hybridized carbons (Fsp3) is 0.217. The van der Waals surface area contributed by atoms with Gasteiger partial charge in [0.05, 0.1) is 61.8 Å². The zero-order chi connectivity index (χ0) is 90.0. The van der Waals surface area contributed by atoms with E-state index in [-0.39, 0.29) is 11.8 Å². The number of pyridine rings is 4. The lowest BCUT2D eigenvalue weighted by Crippen LogP contribution is -2.36. The summed E-state index contributed by atoms with van der Waals surface area (Å²) >= 11 is 6.31. The summed E-state index contributed by atoms with van der Waals surface area (Å²) < 4.78 is 45.4. The summed E-state index contributed by atoms with van der Waals surface area (Å²) in [6.07, 6.45) is 15.3. The molecule has 0 spiro atoms. The van der Waals surface area contributed by atoms with Crippen molar-refractivity contribution in [3.05, 3.63) is 363 Å². The molecule has 0 saturated carbocycles. The molecule has 127 heavy (non-hydrogen) atoms. The van der Waals surface area contributed by atoms with Gasteiger partial charge in [-0.05, 0) is 175 Å². The molecule has 0 radical (unpaired) electrons. The number of methoxy groups -OCH3 is 3. The van der Waals surface area contributed by atoms with Crippen molar-refractivity contribution in [2.24, 2.45) is 0 Å². The van der Waals surface area contributed by atoms with Crippen LogP contribution in [0.4, 0.5) is 0 Å². The molecule has 0 saturated heterocycles. The first kappa shape index (κ1) is 93.4. The Bertz CT molecular complexity index is 5880. The molecule has 20 nitrogen and oxygen atoms in total. The van der Waals surface area contributed by atoms with E-state index >= 15 is 0 Å². The van der Waals surface area contributed by atoms with E-state index in [1.807, 2.05) is 200 Å². The predicted molar refractivity (Wildman–Crippen MR) is 503 cm³/mol. The van der Waals surface area contributed by atoms with Crippen LogP contribution < -0.4 is 37.9 Å². The average Bonchev–Trinajstić information content (AvgIpc) is 0.837. The predicted octanol–water partition coefficient (Wildman–Crippen LogP) is 21.2. The number of aldehydes is 3. The minimum Gasteiger partial charge on any atom is -0.497 e. The molecule has 3 aliphatic heterocycles. The normalized spacial score (nSPS) is 12.9. The topological polar surface area (TPSA) is 220 Å². The van der Waals surface area contributed by atoms with Crippen LogP contribution in [0.25, 0.3) is 51.4 Å². The number of carbonyl (C=O) groups is 5. The fourth-order valence-electron chi connectivity index (χ4n) is 14.7. The summed E-state index contributed by atoms with van der Waals surface area (Å²) in [6, 6.07) is 74.4. The Hall–Kier alpha value is -14.3. The largest absolute Gasteiger partial charge is 0.497 e. The monoisotopic (exact) mass is 1720 g/mol. The molecule has 8 aromatic carbocycles. The Morgan fingerprint density at radius 2 is 0.811 bits per heavy atom. The maximum absolute atomic E-state index is 11.8. The van der Waals surface area contributed by atoms with Crippen LogP contribution in [0.15, 0.2) is 285 Å². The number of nitrogens with zero attached hydrogens (tertiary/aromatic N) is 7. The number of halogens is 1. The van der Waals surface area contributed by atoms with Crippen LogP contribution in [0, 0.1) is 20.8 Å². The third-order valence-electron chi connectivity index (χ3n) is 21.9. The van der Waals surface area contributed by atoms with Crippen LogP contribution in [0.1, 0.15) is 120 Å². The second-order valence-electron chi connectivity index (χ2n) is 30.1. The van der Waals surface area contributed by atoms with Gasteiger partial charge in [0.15, 0.2) is 18.9 Å². The van der Waals surface area contributed by atoms with Crippen molar-refractivity contribution in [2.75, 3.05) is 87.5 Å². The van der Waals surface area contributed by atoms with E-state index in [1.165, 1.54) is 27.9 Å². The zero-order valence-corrected chi connectivity index (χ0v) is 74.0. The molecule has 7 heterocycles. The molecule has 0 aliphatic carbocycles. The second-order valence-corrected chi connectivity index (χ2v) is 30.5. The van der Waals surface area contributed by atoms with Gasteiger partial charge >= 0.3 is 0 Å². The van der Waals surface area contributed by atoms with Crippen molar-refractivity contribution in [2.45, 2.75) is 67.1 Å². The summed E-state index contributed by atoms with van der Waals surface area (Å²) in [5.41, 5.74) is 22.4. The molecular formula is C106H106ClN7O13. The van der Waals surface area contributed by atoms with Gasteiger partial charge in [0.25, 0.3) is 0 Å². The molecule has 0 bridgehead atoms. The molecule has 2 amide bonds. The first-order valence-corrected chi connectivity index (χ1v) is 42.1. The zero-order valence-electron chi connectivity index (χ0n) is 73.3. The molecule has 3 aliphatic rings. The van der Waals surface area contributed by atoms with Gasteiger partial charge < -0.3 is 52.6 Å². The van der Waals surface area contributed by atoms with Crippen LogP contribution in [0.5, 0.6) is 46.3 Å². The quantitative estimate of drug-likeness (QED) is 0.0416. The highest BCUT2D eigenvalue weighted by Crippen LogP contribution is 2.36. The lowest BCUT2D eigenvalue weighted by molar-refractivity contribution is -0.129. The number of amides is 2. The van der Waals surface area contributed by atoms with E-state index in [0.29, 0.717) is 121 Å². The summed E-state index contributed by atoms with van der Waals surface area (Å²) in [7, 11) is 6.94. The van der Waals surface area contributed by atoms with Gasteiger partial charge in [-0.25, -0.2) is 9.97 Å². The van der Waals surface area contributed by atoms with Crippen LogP contribution in [0.3, 0.4) is 0 Å². The number of rotatable bonds is 28. The molecule has 15 rings (SSSR count). The molecule has 4 aromatic heterocycles. The minimum absolute atomic E-state index is 0.0683. The van der Waals surface area contributed by atoms with Crippen LogP contribution in [-0.2, 0) is 22.8 Å². The highest BCUT2D eigenvalue weighted by Gasteiger charge is 2.26. The van der Waals surface area contributed by atoms with Gasteiger partial charge in [-0.2, -0.15) is 0 Å². The second kappa shape index (κ2) is 47.5. The van der Waals surface area contributed by atoms with Crippen molar-refractivity contribution in [3.8, 4) is 68.8 Å². The molecule has 12 aromatic rings. The SMILES string of the molecule is C=Cc1cc(OC)ncc1OCc1cccnc1-c1ccc(OC)cc1.C=Cc1cc(OC)ncc1OCc1cccnc1-c1ccccc1Cl.CC(=O)N1CCC(COc2cccc(C)c2C=O)=C(c2ccccc2)C1.CC(=O)N1CCC(c2ccccc2)=C(COc2cccc(C)c2C=O)C1.Cc1cccc(OCC2=C(c3ccccc3)CN(C)CC2)c1C=O. The first-order valence-electron chi connectivity index (χ1n) is 41.7. The van der Waals surface area contributed by atoms with Crippen LogP contribution >= 0.6 is 11.6 Å². The summed E-state index contributed by atoms with van der Waals surface area (Å²) in [6.45, 7) is 23.1. The van der Waals surface area contributed by atoms with E-state index in [9.17, 15) is 24.0 Å². The molecule has 0 N–H and O–H groups in total. The summed E-state index contributed by atoms with van der Waals surface area (Å²) in [4.78, 5) is 81.1. The number of carbonyl (C=O) groups excluding carboxylic acids is 5. The average molecular weight is 1720 g/mol. The number of aromatic nitrogens is 4. The molecule has 0 atom stereocenters. The number of ether oxygens (including phenoxy) is 8. The maximum Gasteiger partial charge on any atom is 0.219 e. The standard InChI is InChI=1S/2C22H23NO3.C21H20N2O3.C21H23NO2.C20H17ClN2O2/c1-16-7-6-10-22(21(16)14-24)26-15-19-13-23(17(2)25)12-11-20(19)18-8-4-3-5-9-18;1-16-7-6-10-22(21(16)14-24)26-15-19-11-12-23(17(2)25)13-20(19)18-8-4-3-5-9-18;1-4-15-12-20(25-3)23-13-19(15)26-14-17-6-5-11-22-21(17)16-7-9-18(24-2)10-8-16;1-16-7-6-10-21(20(16)14-23)24-15-18-11-12-22(2)13-19(18)17-8-4-3-5-9-17;1-3-14-11-19(24-2)23-12-18(14)25-13-15-7-6-10-22-20(15)16-8-4-5-9-17(16)21/h2*3-10,14H,11-13,15H2,1-2H3;4-13H,1,14H2,2-3H3;3-10,14H,11-13,15H2,1-2H3;3-12H,1,13H2,2H3. The van der Waals surface area contributed by atoms with Gasteiger partial charge in [0, 0.05) is 116 Å². The van der Waals surface area contributed by atoms with Crippen molar-refractivity contribution in [3.63, 3.8) is 0 Å². The van der Waals surface area contributed by atoms with Crippen LogP contribution in [0.2, 0.25) is 5.02 Å².